The van der Waals surface area contributed by atoms with Gasteiger partial charge in [-0.1, -0.05) is 34.1 Å². The van der Waals surface area contributed by atoms with Crippen molar-refractivity contribution in [1.29, 1.82) is 0 Å². The van der Waals surface area contributed by atoms with E-state index in [2.05, 4.69) is 26.0 Å². The first-order chi connectivity index (χ1) is 11.4. The summed E-state index contributed by atoms with van der Waals surface area (Å²) in [5, 5.41) is 2.63. The molecule has 2 aromatic rings. The summed E-state index contributed by atoms with van der Waals surface area (Å²) in [4.78, 5) is 23.5. The number of nitrogens with one attached hydrogen (secondary N) is 1. The molecule has 2 aromatic carbocycles. The van der Waals surface area contributed by atoms with E-state index in [4.69, 9.17) is 0 Å². The van der Waals surface area contributed by atoms with Crippen LogP contribution in [0, 0.1) is 11.6 Å². The van der Waals surface area contributed by atoms with Crippen LogP contribution in [0.4, 0.5) is 8.78 Å². The smallest absolute Gasteiger partial charge is 0.344 e. The molecular weight excluding hydrogens is 384 g/mol. The second-order valence-electron chi connectivity index (χ2n) is 5.01. The van der Waals surface area contributed by atoms with E-state index in [0.717, 1.165) is 28.2 Å². The lowest BCUT2D eigenvalue weighted by molar-refractivity contribution is -0.124. The van der Waals surface area contributed by atoms with Gasteiger partial charge >= 0.3 is 5.97 Å². The minimum absolute atomic E-state index is 0.311. The molecule has 24 heavy (non-hydrogen) atoms. The molecule has 0 heterocycles. The minimum Gasteiger partial charge on any atom is -0.452 e. The maximum absolute atomic E-state index is 13.4. The summed E-state index contributed by atoms with van der Waals surface area (Å²) in [7, 11) is 0. The molecule has 0 aliphatic rings. The van der Waals surface area contributed by atoms with Crippen molar-refractivity contribution in [3.63, 3.8) is 0 Å². The molecule has 0 saturated carbocycles. The van der Waals surface area contributed by atoms with E-state index in [9.17, 15) is 18.4 Å². The Morgan fingerprint density at radius 2 is 1.71 bits per heavy atom. The zero-order valence-corrected chi connectivity index (χ0v) is 14.3. The number of rotatable bonds is 5. The largest absolute Gasteiger partial charge is 0.452 e. The van der Waals surface area contributed by atoms with Crippen molar-refractivity contribution in [2.75, 3.05) is 6.61 Å². The lowest BCUT2D eigenvalue weighted by atomic mass is 10.1. The second kappa shape index (κ2) is 8.01. The van der Waals surface area contributed by atoms with Crippen molar-refractivity contribution < 1.29 is 23.1 Å². The average Bonchev–Trinajstić information content (AvgIpc) is 2.53. The van der Waals surface area contributed by atoms with E-state index in [1.54, 1.807) is 6.92 Å². The van der Waals surface area contributed by atoms with Crippen LogP contribution >= 0.6 is 15.9 Å². The van der Waals surface area contributed by atoms with Crippen molar-refractivity contribution in [2.24, 2.45) is 0 Å². The van der Waals surface area contributed by atoms with Crippen LogP contribution in [0.15, 0.2) is 46.9 Å². The third kappa shape index (κ3) is 4.61. The summed E-state index contributed by atoms with van der Waals surface area (Å²) >= 11 is 3.31. The Hall–Kier alpha value is -2.28. The van der Waals surface area contributed by atoms with Crippen LogP contribution < -0.4 is 5.32 Å². The number of benzene rings is 2. The van der Waals surface area contributed by atoms with Gasteiger partial charge in [0.2, 0.25) is 0 Å². The molecule has 0 saturated heterocycles. The van der Waals surface area contributed by atoms with Gasteiger partial charge < -0.3 is 10.1 Å². The summed E-state index contributed by atoms with van der Waals surface area (Å²) in [5.41, 5.74) is 0.0456. The average molecular weight is 398 g/mol. The summed E-state index contributed by atoms with van der Waals surface area (Å²) in [6, 6.07) is 10.0. The summed E-state index contributed by atoms with van der Waals surface area (Å²) < 4.78 is 32.5. The Labute approximate surface area is 145 Å². The minimum atomic E-state index is -1.22. The van der Waals surface area contributed by atoms with Crippen molar-refractivity contribution in [1.82, 2.24) is 5.32 Å². The van der Waals surface area contributed by atoms with Crippen molar-refractivity contribution in [2.45, 2.75) is 13.0 Å². The molecular formula is C17H14BrF2NO3. The maximum atomic E-state index is 13.4. The number of carbonyl (C=O) groups excluding carboxylic acids is 2. The number of esters is 1. The molecule has 4 nitrogen and oxygen atoms in total. The van der Waals surface area contributed by atoms with E-state index >= 15 is 0 Å². The van der Waals surface area contributed by atoms with Crippen LogP contribution in [0.5, 0.6) is 0 Å². The highest BCUT2D eigenvalue weighted by Gasteiger charge is 2.20. The Bertz CT molecular complexity index is 730. The van der Waals surface area contributed by atoms with Gasteiger partial charge in [-0.15, -0.1) is 0 Å². The third-order valence-electron chi connectivity index (χ3n) is 3.25. The molecule has 0 aliphatic carbocycles. The lowest BCUT2D eigenvalue weighted by Crippen LogP contribution is -2.31. The number of amides is 1. The van der Waals surface area contributed by atoms with E-state index in [1.165, 1.54) is 0 Å². The molecule has 1 atom stereocenters. The summed E-state index contributed by atoms with van der Waals surface area (Å²) in [6.45, 7) is 1.13. The molecule has 2 rings (SSSR count). The number of carbonyl (C=O) groups is 2. The number of halogens is 3. The van der Waals surface area contributed by atoms with Gasteiger partial charge in [0.15, 0.2) is 6.61 Å². The Kier molecular flexibility index (Phi) is 6.03. The van der Waals surface area contributed by atoms with Gasteiger partial charge in [-0.25, -0.2) is 13.6 Å². The fourth-order valence-corrected chi connectivity index (χ4v) is 2.28. The van der Waals surface area contributed by atoms with Gasteiger partial charge in [0.25, 0.3) is 5.91 Å². The predicted octanol–water partition coefficient (Wildman–Crippen LogP) is 3.76. The highest BCUT2D eigenvalue weighted by molar-refractivity contribution is 9.10. The lowest BCUT2D eigenvalue weighted by Gasteiger charge is -2.14. The second-order valence-corrected chi connectivity index (χ2v) is 5.93. The van der Waals surface area contributed by atoms with E-state index in [1.807, 2.05) is 24.3 Å². The topological polar surface area (TPSA) is 55.4 Å². The fraction of sp³-hybridized carbons (Fsp3) is 0.176. The quantitative estimate of drug-likeness (QED) is 0.781. The number of hydrogen-bond donors (Lipinski definition) is 1. The SMILES string of the molecule is CC(NC(=O)COC(=O)c1c(F)cccc1F)c1ccc(Br)cc1. The van der Waals surface area contributed by atoms with Crippen LogP contribution in [0.25, 0.3) is 0 Å². The first kappa shape index (κ1) is 18.1. The van der Waals surface area contributed by atoms with Crippen molar-refractivity contribution in [3.05, 3.63) is 69.7 Å². The van der Waals surface area contributed by atoms with Gasteiger partial charge in [-0.05, 0) is 36.8 Å². The standard InChI is InChI=1S/C17H14BrF2NO3/c1-10(11-5-7-12(18)8-6-11)21-15(22)9-24-17(23)16-13(19)3-2-4-14(16)20/h2-8,10H,9H2,1H3,(H,21,22). The van der Waals surface area contributed by atoms with Gasteiger partial charge in [0.1, 0.15) is 17.2 Å². The van der Waals surface area contributed by atoms with Gasteiger partial charge in [0.05, 0.1) is 6.04 Å². The van der Waals surface area contributed by atoms with Crippen LogP contribution in [0.2, 0.25) is 0 Å². The highest BCUT2D eigenvalue weighted by atomic mass is 79.9. The van der Waals surface area contributed by atoms with Gasteiger partial charge in [-0.2, -0.15) is 0 Å². The maximum Gasteiger partial charge on any atom is 0.344 e. The van der Waals surface area contributed by atoms with E-state index in [0.29, 0.717) is 0 Å². The number of hydrogen-bond acceptors (Lipinski definition) is 3. The Morgan fingerprint density at radius 1 is 1.12 bits per heavy atom. The molecule has 0 bridgehead atoms. The van der Waals surface area contributed by atoms with Crippen LogP contribution in [-0.2, 0) is 9.53 Å². The predicted molar refractivity (Wildman–Crippen MR) is 87.3 cm³/mol. The molecule has 0 radical (unpaired) electrons. The summed E-state index contributed by atoms with van der Waals surface area (Å²) in [5.74, 6) is -3.88. The summed E-state index contributed by atoms with van der Waals surface area (Å²) in [6.07, 6.45) is 0. The van der Waals surface area contributed by atoms with Gasteiger partial charge in [-0.3, -0.25) is 4.79 Å². The molecule has 0 spiro atoms. The molecule has 7 heteroatoms. The van der Waals surface area contributed by atoms with Crippen LogP contribution in [-0.4, -0.2) is 18.5 Å². The van der Waals surface area contributed by atoms with Crippen LogP contribution in [0.3, 0.4) is 0 Å². The third-order valence-corrected chi connectivity index (χ3v) is 3.78. The zero-order valence-electron chi connectivity index (χ0n) is 12.7. The van der Waals surface area contributed by atoms with Crippen molar-refractivity contribution in [3.8, 4) is 0 Å². The molecule has 1 amide bonds. The van der Waals surface area contributed by atoms with E-state index in [-0.39, 0.29) is 6.04 Å². The zero-order chi connectivity index (χ0) is 17.7. The molecule has 0 fully saturated rings. The molecule has 0 aliphatic heterocycles. The monoisotopic (exact) mass is 397 g/mol. The fourth-order valence-electron chi connectivity index (χ4n) is 2.01. The molecule has 1 N–H and O–H groups in total. The van der Waals surface area contributed by atoms with Crippen LogP contribution in [0.1, 0.15) is 28.9 Å². The van der Waals surface area contributed by atoms with Crippen molar-refractivity contribution >= 4 is 27.8 Å². The molecule has 1 unspecified atom stereocenters. The Balaban J connectivity index is 1.91. The first-order valence-electron chi connectivity index (χ1n) is 7.04. The van der Waals surface area contributed by atoms with Gasteiger partial charge in [0, 0.05) is 4.47 Å². The highest BCUT2D eigenvalue weighted by Crippen LogP contribution is 2.16. The normalized spacial score (nSPS) is 11.7. The molecule has 0 aromatic heterocycles. The number of ether oxygens (including phenoxy) is 1. The molecule has 126 valence electrons. The Morgan fingerprint density at radius 3 is 2.29 bits per heavy atom. The first-order valence-corrected chi connectivity index (χ1v) is 7.83. The van der Waals surface area contributed by atoms with E-state index < -0.39 is 35.7 Å².